The first-order valence-electron chi connectivity index (χ1n) is 12.0. The van der Waals surface area contributed by atoms with Crippen LogP contribution in [-0.4, -0.2) is 84.6 Å². The molecular formula is C25H41FN2O6. The number of esters is 1. The fraction of sp³-hybridized carbons (Fsp3) is 0.800. The third-order valence-electron chi connectivity index (χ3n) is 5.94. The highest BCUT2D eigenvalue weighted by Gasteiger charge is 2.37. The summed E-state index contributed by atoms with van der Waals surface area (Å²) in [6.07, 6.45) is 4.47. The Morgan fingerprint density at radius 2 is 1.91 bits per heavy atom. The van der Waals surface area contributed by atoms with E-state index in [4.69, 9.17) is 14.2 Å². The molecule has 0 aromatic carbocycles. The molecule has 0 aromatic heterocycles. The van der Waals surface area contributed by atoms with Gasteiger partial charge in [0, 0.05) is 45.4 Å². The Hall–Kier alpha value is -2.00. The minimum Gasteiger partial charge on any atom is -0.458 e. The molecule has 2 aliphatic rings. The van der Waals surface area contributed by atoms with E-state index in [0.717, 1.165) is 36.7 Å². The van der Waals surface area contributed by atoms with Crippen molar-refractivity contribution in [1.29, 1.82) is 0 Å². The van der Waals surface area contributed by atoms with Crippen LogP contribution in [0.25, 0.3) is 0 Å². The molecule has 2 heterocycles. The molecule has 1 N–H and O–H groups in total. The molecule has 0 radical (unpaired) electrons. The molecule has 194 valence electrons. The second-order valence-corrected chi connectivity index (χ2v) is 10.8. The van der Waals surface area contributed by atoms with Gasteiger partial charge in [-0.2, -0.15) is 0 Å². The molecule has 3 atom stereocenters. The predicted molar refractivity (Wildman–Crippen MR) is 128 cm³/mol. The van der Waals surface area contributed by atoms with E-state index in [-0.39, 0.29) is 12.8 Å². The molecule has 9 heteroatoms. The lowest BCUT2D eigenvalue weighted by Crippen LogP contribution is -2.48. The van der Waals surface area contributed by atoms with Crippen LogP contribution < -0.4 is 0 Å². The number of alkyl halides is 1. The number of aliphatic hydroxyl groups is 1. The number of carbonyl (C=O) groups is 2. The molecular weight excluding hydrogens is 443 g/mol. The van der Waals surface area contributed by atoms with E-state index in [9.17, 15) is 19.1 Å². The van der Waals surface area contributed by atoms with Gasteiger partial charge in [0.2, 0.25) is 0 Å². The SMILES string of the molecule is CN(C(=O)OC(C)(C)C)[C@@H](CC(C)(C)F)C(=O)O[C@@H](CO)CC1=NCC(C2CCOCC2)C=C1. The number of aliphatic imine (C=N–C) groups is 1. The molecule has 34 heavy (non-hydrogen) atoms. The van der Waals surface area contributed by atoms with E-state index in [1.165, 1.54) is 20.9 Å². The van der Waals surface area contributed by atoms with Crippen molar-refractivity contribution in [3.8, 4) is 0 Å². The van der Waals surface area contributed by atoms with Gasteiger partial charge in [-0.25, -0.2) is 14.0 Å². The number of aliphatic hydroxyl groups excluding tert-OH is 1. The summed E-state index contributed by atoms with van der Waals surface area (Å²) in [6, 6.07) is -1.20. The number of halogens is 1. The van der Waals surface area contributed by atoms with Gasteiger partial charge in [-0.3, -0.25) is 9.89 Å². The number of hydrogen-bond donors (Lipinski definition) is 1. The summed E-state index contributed by atoms with van der Waals surface area (Å²) in [5, 5.41) is 9.83. The van der Waals surface area contributed by atoms with Crippen LogP contribution in [0.1, 0.15) is 60.3 Å². The first-order chi connectivity index (χ1) is 15.8. The Kier molecular flexibility index (Phi) is 10.1. The molecule has 0 saturated carbocycles. The minimum atomic E-state index is -1.73. The average Bonchev–Trinajstić information content (AvgIpc) is 2.75. The molecule has 8 nitrogen and oxygen atoms in total. The maximum Gasteiger partial charge on any atom is 0.410 e. The van der Waals surface area contributed by atoms with Crippen LogP contribution in [0.5, 0.6) is 0 Å². The number of nitrogens with zero attached hydrogens (tertiary/aromatic N) is 2. The molecule has 0 bridgehead atoms. The molecule has 1 unspecified atom stereocenters. The zero-order valence-corrected chi connectivity index (χ0v) is 21.4. The number of likely N-dealkylation sites (N-methyl/N-ethyl adjacent to an activating group) is 1. The van der Waals surface area contributed by atoms with Gasteiger partial charge in [0.05, 0.1) is 6.61 Å². The molecule has 0 aliphatic carbocycles. The topological polar surface area (TPSA) is 97.7 Å². The van der Waals surface area contributed by atoms with Crippen molar-refractivity contribution in [3.63, 3.8) is 0 Å². The minimum absolute atomic E-state index is 0.237. The molecule has 1 saturated heterocycles. The first kappa shape index (κ1) is 28.2. The van der Waals surface area contributed by atoms with Gasteiger partial charge in [0.1, 0.15) is 23.4 Å². The highest BCUT2D eigenvalue weighted by Crippen LogP contribution is 2.27. The fourth-order valence-corrected chi connectivity index (χ4v) is 4.07. The highest BCUT2D eigenvalue weighted by atomic mass is 19.1. The number of ether oxygens (including phenoxy) is 3. The van der Waals surface area contributed by atoms with E-state index in [0.29, 0.717) is 18.4 Å². The van der Waals surface area contributed by atoms with Crippen molar-refractivity contribution >= 4 is 17.8 Å². The first-order valence-corrected chi connectivity index (χ1v) is 12.0. The van der Waals surface area contributed by atoms with E-state index in [2.05, 4.69) is 11.1 Å². The maximum absolute atomic E-state index is 14.5. The Morgan fingerprint density at radius 1 is 1.26 bits per heavy atom. The summed E-state index contributed by atoms with van der Waals surface area (Å²) >= 11 is 0. The largest absolute Gasteiger partial charge is 0.458 e. The Bertz CT molecular complexity index is 749. The number of rotatable bonds is 9. The van der Waals surface area contributed by atoms with Gasteiger partial charge in [-0.15, -0.1) is 0 Å². The van der Waals surface area contributed by atoms with Crippen molar-refractivity contribution in [2.24, 2.45) is 16.8 Å². The number of allylic oxidation sites excluding steroid dienone is 1. The number of dihydropyridines is 1. The lowest BCUT2D eigenvalue weighted by Gasteiger charge is -2.32. The Labute approximate surface area is 202 Å². The fourth-order valence-electron chi connectivity index (χ4n) is 4.07. The highest BCUT2D eigenvalue weighted by molar-refractivity contribution is 5.96. The van der Waals surface area contributed by atoms with Crippen LogP contribution in [0.4, 0.5) is 9.18 Å². The summed E-state index contributed by atoms with van der Waals surface area (Å²) in [5.74, 6) is 0.120. The smallest absolute Gasteiger partial charge is 0.410 e. The molecule has 2 aliphatic heterocycles. The van der Waals surface area contributed by atoms with Gasteiger partial charge in [0.15, 0.2) is 0 Å². The molecule has 0 aromatic rings. The lowest BCUT2D eigenvalue weighted by atomic mass is 9.84. The van der Waals surface area contributed by atoms with E-state index >= 15 is 0 Å². The third kappa shape index (κ3) is 9.33. The van der Waals surface area contributed by atoms with Crippen molar-refractivity contribution in [2.45, 2.75) is 83.7 Å². The van der Waals surface area contributed by atoms with Crippen molar-refractivity contribution in [1.82, 2.24) is 4.90 Å². The van der Waals surface area contributed by atoms with Crippen LogP contribution in [0.2, 0.25) is 0 Å². The second kappa shape index (κ2) is 12.1. The van der Waals surface area contributed by atoms with Gasteiger partial charge in [-0.05, 0) is 65.4 Å². The van der Waals surface area contributed by atoms with E-state index in [1.54, 1.807) is 20.8 Å². The second-order valence-electron chi connectivity index (χ2n) is 10.8. The summed E-state index contributed by atoms with van der Waals surface area (Å²) in [4.78, 5) is 31.2. The number of carbonyl (C=O) groups excluding carboxylic acids is 2. The van der Waals surface area contributed by atoms with Crippen LogP contribution in [-0.2, 0) is 19.0 Å². The summed E-state index contributed by atoms with van der Waals surface area (Å²) < 4.78 is 30.7. The Morgan fingerprint density at radius 3 is 2.41 bits per heavy atom. The van der Waals surface area contributed by atoms with Crippen molar-refractivity contribution < 1.29 is 33.3 Å². The quantitative estimate of drug-likeness (QED) is 0.501. The number of amides is 1. The van der Waals surface area contributed by atoms with Crippen molar-refractivity contribution in [3.05, 3.63) is 12.2 Å². The van der Waals surface area contributed by atoms with Crippen molar-refractivity contribution in [2.75, 3.05) is 33.4 Å². The standard InChI is InChI=1S/C25H41FN2O6/c1-24(2,3)34-23(31)28(6)21(14-25(4,5)26)22(30)33-20(16-29)13-19-8-7-18(15-27-19)17-9-11-32-12-10-17/h7-8,17-18,20-21,29H,9-16H2,1-6H3/t18?,20-,21+/m1/s1. The molecule has 0 spiro atoms. The molecule has 2 rings (SSSR count). The normalized spacial score (nSPS) is 21.4. The molecule has 1 amide bonds. The predicted octanol–water partition coefficient (Wildman–Crippen LogP) is 3.71. The van der Waals surface area contributed by atoms with Crippen LogP contribution in [0, 0.1) is 11.8 Å². The molecule has 1 fully saturated rings. The lowest BCUT2D eigenvalue weighted by molar-refractivity contribution is -0.157. The van der Waals surface area contributed by atoms with E-state index < -0.39 is 42.1 Å². The monoisotopic (exact) mass is 484 g/mol. The van der Waals surface area contributed by atoms with Gasteiger partial charge >= 0.3 is 12.1 Å². The van der Waals surface area contributed by atoms with Crippen LogP contribution in [0.3, 0.4) is 0 Å². The van der Waals surface area contributed by atoms with Gasteiger partial charge < -0.3 is 19.3 Å². The summed E-state index contributed by atoms with van der Waals surface area (Å²) in [5.41, 5.74) is -1.77. The summed E-state index contributed by atoms with van der Waals surface area (Å²) in [6.45, 7) is 9.58. The number of hydrogen-bond acceptors (Lipinski definition) is 7. The summed E-state index contributed by atoms with van der Waals surface area (Å²) in [7, 11) is 1.38. The van der Waals surface area contributed by atoms with Crippen LogP contribution >= 0.6 is 0 Å². The average molecular weight is 485 g/mol. The third-order valence-corrected chi connectivity index (χ3v) is 5.94. The zero-order valence-electron chi connectivity index (χ0n) is 21.4. The Balaban J connectivity index is 2.01. The van der Waals surface area contributed by atoms with E-state index in [1.807, 2.05) is 6.08 Å². The maximum atomic E-state index is 14.5. The zero-order chi connectivity index (χ0) is 25.5. The van der Waals surface area contributed by atoms with Crippen LogP contribution in [0.15, 0.2) is 17.1 Å². The van der Waals surface area contributed by atoms with Gasteiger partial charge in [0.25, 0.3) is 0 Å². The van der Waals surface area contributed by atoms with Gasteiger partial charge in [-0.1, -0.05) is 6.08 Å².